The standard InChI is InChI=1S/C20H23N7O3/c1-20(15-6-3-2-4-7-15)17(29)27(19(30)23-20)24-16(28)14-25-10-12-26(13-11-25)18-21-8-5-9-22-18/h2-9H,10-14H2,1H3,(H,23,30)(H,24,28)/t20-/m1/s1. The largest absolute Gasteiger partial charge is 0.344 e. The molecule has 2 aromatic rings. The molecule has 0 radical (unpaired) electrons. The van der Waals surface area contributed by atoms with Gasteiger partial charge < -0.3 is 10.2 Å². The molecule has 156 valence electrons. The van der Waals surface area contributed by atoms with Crippen LogP contribution < -0.4 is 15.6 Å². The van der Waals surface area contributed by atoms with Gasteiger partial charge >= 0.3 is 6.03 Å². The molecule has 0 saturated carbocycles. The Kier molecular flexibility index (Phi) is 5.32. The number of nitrogens with one attached hydrogen (secondary N) is 2. The molecule has 2 saturated heterocycles. The van der Waals surface area contributed by atoms with Gasteiger partial charge in [0, 0.05) is 38.6 Å². The number of imide groups is 1. The number of hydrogen-bond donors (Lipinski definition) is 2. The number of piperazine rings is 1. The number of benzene rings is 1. The number of urea groups is 1. The molecule has 1 aromatic heterocycles. The van der Waals surface area contributed by atoms with Gasteiger partial charge in [0.1, 0.15) is 5.54 Å². The quantitative estimate of drug-likeness (QED) is 0.674. The van der Waals surface area contributed by atoms with Crippen LogP contribution >= 0.6 is 0 Å². The highest BCUT2D eigenvalue weighted by Crippen LogP contribution is 2.27. The molecule has 10 heteroatoms. The molecule has 3 heterocycles. The van der Waals surface area contributed by atoms with Crippen molar-refractivity contribution in [2.45, 2.75) is 12.5 Å². The maximum absolute atomic E-state index is 12.9. The third kappa shape index (κ3) is 3.81. The van der Waals surface area contributed by atoms with Gasteiger partial charge in [0.25, 0.3) is 11.8 Å². The summed E-state index contributed by atoms with van der Waals surface area (Å²) in [6.45, 7) is 4.38. The molecule has 2 aliphatic heterocycles. The average molecular weight is 409 g/mol. The van der Waals surface area contributed by atoms with E-state index in [0.717, 1.165) is 5.01 Å². The number of hydrogen-bond acceptors (Lipinski definition) is 7. The SMILES string of the molecule is C[C@]1(c2ccccc2)NC(=O)N(NC(=O)CN2CCN(c3ncccn3)CC2)C1=O. The van der Waals surface area contributed by atoms with Crippen LogP contribution in [0.25, 0.3) is 0 Å². The first kappa shape index (κ1) is 19.8. The molecule has 2 N–H and O–H groups in total. The lowest BCUT2D eigenvalue weighted by Crippen LogP contribution is -2.54. The van der Waals surface area contributed by atoms with Crippen LogP contribution in [0.1, 0.15) is 12.5 Å². The van der Waals surface area contributed by atoms with Crippen LogP contribution in [0.3, 0.4) is 0 Å². The molecule has 10 nitrogen and oxygen atoms in total. The summed E-state index contributed by atoms with van der Waals surface area (Å²) in [7, 11) is 0. The normalized spacial score (nSPS) is 22.2. The molecule has 1 atom stereocenters. The van der Waals surface area contributed by atoms with E-state index in [1.165, 1.54) is 0 Å². The maximum Gasteiger partial charge on any atom is 0.344 e. The molecule has 4 rings (SSSR count). The van der Waals surface area contributed by atoms with E-state index in [-0.39, 0.29) is 6.54 Å². The second-order valence-corrected chi connectivity index (χ2v) is 7.41. The molecule has 2 fully saturated rings. The second kappa shape index (κ2) is 8.07. The van der Waals surface area contributed by atoms with Gasteiger partial charge in [-0.1, -0.05) is 30.3 Å². The van der Waals surface area contributed by atoms with Gasteiger partial charge in [-0.25, -0.2) is 14.8 Å². The molecule has 0 spiro atoms. The summed E-state index contributed by atoms with van der Waals surface area (Å²) in [5.74, 6) is -0.264. The van der Waals surface area contributed by atoms with E-state index in [0.29, 0.717) is 37.7 Å². The topological polar surface area (TPSA) is 111 Å². The van der Waals surface area contributed by atoms with Crippen molar-refractivity contribution in [3.05, 3.63) is 54.4 Å². The fourth-order valence-corrected chi connectivity index (χ4v) is 3.63. The zero-order valence-electron chi connectivity index (χ0n) is 16.6. The van der Waals surface area contributed by atoms with Crippen molar-refractivity contribution >= 4 is 23.8 Å². The first-order chi connectivity index (χ1) is 14.5. The first-order valence-corrected chi connectivity index (χ1v) is 9.73. The van der Waals surface area contributed by atoms with Gasteiger partial charge in [-0.2, -0.15) is 5.01 Å². The van der Waals surface area contributed by atoms with Crippen LogP contribution in [0.15, 0.2) is 48.8 Å². The van der Waals surface area contributed by atoms with Crippen molar-refractivity contribution in [3.8, 4) is 0 Å². The van der Waals surface area contributed by atoms with Crippen LogP contribution in [0, 0.1) is 0 Å². The fraction of sp³-hybridized carbons (Fsp3) is 0.350. The van der Waals surface area contributed by atoms with Gasteiger partial charge in [0.05, 0.1) is 6.54 Å². The molecule has 2 aliphatic rings. The van der Waals surface area contributed by atoms with Gasteiger partial charge in [-0.15, -0.1) is 0 Å². The van der Waals surface area contributed by atoms with Gasteiger partial charge in [-0.3, -0.25) is 19.9 Å². The minimum Gasteiger partial charge on any atom is -0.338 e. The van der Waals surface area contributed by atoms with Crippen LogP contribution in [0.5, 0.6) is 0 Å². The minimum absolute atomic E-state index is 0.0859. The molecule has 4 amide bonds. The Bertz CT molecular complexity index is 932. The number of anilines is 1. The van der Waals surface area contributed by atoms with E-state index in [9.17, 15) is 14.4 Å². The lowest BCUT2D eigenvalue weighted by Gasteiger charge is -2.34. The number of nitrogens with zero attached hydrogens (tertiary/aromatic N) is 5. The second-order valence-electron chi connectivity index (χ2n) is 7.41. The minimum atomic E-state index is -1.22. The summed E-state index contributed by atoms with van der Waals surface area (Å²) in [5, 5.41) is 3.44. The summed E-state index contributed by atoms with van der Waals surface area (Å²) in [4.78, 5) is 50.2. The zero-order chi connectivity index (χ0) is 21.1. The van der Waals surface area contributed by atoms with Crippen molar-refractivity contribution in [3.63, 3.8) is 0 Å². The summed E-state index contributed by atoms with van der Waals surface area (Å²) in [6.07, 6.45) is 3.40. The first-order valence-electron chi connectivity index (χ1n) is 9.73. The monoisotopic (exact) mass is 409 g/mol. The summed E-state index contributed by atoms with van der Waals surface area (Å²) >= 11 is 0. The van der Waals surface area contributed by atoms with E-state index < -0.39 is 23.4 Å². The summed E-state index contributed by atoms with van der Waals surface area (Å²) in [6, 6.07) is 10.1. The third-order valence-corrected chi connectivity index (χ3v) is 5.35. The number of amides is 4. The van der Waals surface area contributed by atoms with Crippen molar-refractivity contribution in [1.82, 2.24) is 30.6 Å². The van der Waals surface area contributed by atoms with Gasteiger partial charge in [-0.05, 0) is 18.6 Å². The van der Waals surface area contributed by atoms with E-state index in [2.05, 4.69) is 25.6 Å². The van der Waals surface area contributed by atoms with E-state index in [4.69, 9.17) is 0 Å². The molecule has 30 heavy (non-hydrogen) atoms. The number of aromatic nitrogens is 2. The lowest BCUT2D eigenvalue weighted by atomic mass is 9.92. The molecule has 1 aromatic carbocycles. The van der Waals surface area contributed by atoms with Crippen LogP contribution in [-0.2, 0) is 15.1 Å². The highest BCUT2D eigenvalue weighted by Gasteiger charge is 2.50. The highest BCUT2D eigenvalue weighted by molar-refractivity contribution is 6.08. The molecular weight excluding hydrogens is 386 g/mol. The van der Waals surface area contributed by atoms with Crippen LogP contribution in [-0.4, -0.2) is 70.4 Å². The number of carbonyl (C=O) groups excluding carboxylic acids is 3. The highest BCUT2D eigenvalue weighted by atomic mass is 16.2. The number of carbonyl (C=O) groups is 3. The number of rotatable bonds is 5. The predicted molar refractivity (Wildman–Crippen MR) is 108 cm³/mol. The number of hydrazine groups is 1. The van der Waals surface area contributed by atoms with Crippen molar-refractivity contribution < 1.29 is 14.4 Å². The van der Waals surface area contributed by atoms with E-state index in [1.54, 1.807) is 49.6 Å². The molecular formula is C20H23N7O3. The van der Waals surface area contributed by atoms with Crippen molar-refractivity contribution in [2.75, 3.05) is 37.6 Å². The van der Waals surface area contributed by atoms with Gasteiger partial charge in [0.15, 0.2) is 0 Å². The predicted octanol–water partition coefficient (Wildman–Crippen LogP) is 0.0970. The van der Waals surface area contributed by atoms with Crippen molar-refractivity contribution in [2.24, 2.45) is 0 Å². The lowest BCUT2D eigenvalue weighted by molar-refractivity contribution is -0.139. The molecule has 0 bridgehead atoms. The Hall–Kier alpha value is -3.53. The van der Waals surface area contributed by atoms with E-state index in [1.807, 2.05) is 11.0 Å². The third-order valence-electron chi connectivity index (χ3n) is 5.35. The Balaban J connectivity index is 1.32. The Morgan fingerprint density at radius 2 is 1.73 bits per heavy atom. The Morgan fingerprint density at radius 1 is 1.07 bits per heavy atom. The Morgan fingerprint density at radius 3 is 2.40 bits per heavy atom. The zero-order valence-corrected chi connectivity index (χ0v) is 16.6. The average Bonchev–Trinajstić information content (AvgIpc) is 2.99. The fourth-order valence-electron chi connectivity index (χ4n) is 3.63. The summed E-state index contributed by atoms with van der Waals surface area (Å²) < 4.78 is 0. The van der Waals surface area contributed by atoms with Crippen molar-refractivity contribution in [1.29, 1.82) is 0 Å². The Labute approximate surface area is 173 Å². The summed E-state index contributed by atoms with van der Waals surface area (Å²) in [5.41, 5.74) is 1.88. The molecule has 0 aliphatic carbocycles. The molecule has 0 unspecified atom stereocenters. The maximum atomic E-state index is 12.9. The smallest absolute Gasteiger partial charge is 0.338 e. The van der Waals surface area contributed by atoms with Gasteiger partial charge in [0.2, 0.25) is 5.95 Å². The van der Waals surface area contributed by atoms with Crippen LogP contribution in [0.4, 0.5) is 10.7 Å². The van der Waals surface area contributed by atoms with Crippen LogP contribution in [0.2, 0.25) is 0 Å². The van der Waals surface area contributed by atoms with E-state index >= 15 is 0 Å².